The molecule has 0 atom stereocenters. The number of benzene rings is 1. The van der Waals surface area contributed by atoms with E-state index in [-0.39, 0.29) is 11.8 Å². The quantitative estimate of drug-likeness (QED) is 0.820. The van der Waals surface area contributed by atoms with Crippen LogP contribution in [0.4, 0.5) is 5.69 Å². The number of halogens is 1. The first kappa shape index (κ1) is 13.8. The summed E-state index contributed by atoms with van der Waals surface area (Å²) < 4.78 is 5.36. The standard InChI is InChI=1S/C13H18ClNO2/c1-4-17-11-7-5-6-10(8-11)15-12(16)13(2,3)9-14/h5-8H,4,9H2,1-3H3,(H,15,16). The zero-order valence-corrected chi connectivity index (χ0v) is 11.2. The lowest BCUT2D eigenvalue weighted by Crippen LogP contribution is -2.32. The number of hydrogen-bond acceptors (Lipinski definition) is 2. The molecule has 0 spiro atoms. The Morgan fingerprint density at radius 1 is 1.47 bits per heavy atom. The molecule has 0 radical (unpaired) electrons. The van der Waals surface area contributed by atoms with E-state index in [0.717, 1.165) is 11.4 Å². The van der Waals surface area contributed by atoms with E-state index in [2.05, 4.69) is 5.32 Å². The average molecular weight is 256 g/mol. The highest BCUT2D eigenvalue weighted by molar-refractivity contribution is 6.20. The van der Waals surface area contributed by atoms with Gasteiger partial charge in [-0.1, -0.05) is 6.07 Å². The van der Waals surface area contributed by atoms with E-state index in [1.54, 1.807) is 6.07 Å². The number of nitrogens with one attached hydrogen (secondary N) is 1. The number of amides is 1. The maximum Gasteiger partial charge on any atom is 0.231 e. The Kier molecular flexibility index (Phi) is 4.82. The van der Waals surface area contributed by atoms with Gasteiger partial charge in [0.1, 0.15) is 5.75 Å². The Labute approximate surface area is 107 Å². The molecule has 1 amide bonds. The third-order valence-electron chi connectivity index (χ3n) is 2.35. The van der Waals surface area contributed by atoms with Gasteiger partial charge in [0, 0.05) is 17.6 Å². The fourth-order valence-electron chi connectivity index (χ4n) is 1.19. The summed E-state index contributed by atoms with van der Waals surface area (Å²) in [4.78, 5) is 11.9. The van der Waals surface area contributed by atoms with Crippen LogP contribution < -0.4 is 10.1 Å². The van der Waals surface area contributed by atoms with Crippen molar-refractivity contribution in [1.29, 1.82) is 0 Å². The van der Waals surface area contributed by atoms with Gasteiger partial charge in [-0.15, -0.1) is 11.6 Å². The van der Waals surface area contributed by atoms with E-state index in [4.69, 9.17) is 16.3 Å². The van der Waals surface area contributed by atoms with Crippen molar-refractivity contribution in [2.45, 2.75) is 20.8 Å². The van der Waals surface area contributed by atoms with Crippen molar-refractivity contribution in [2.75, 3.05) is 17.8 Å². The van der Waals surface area contributed by atoms with Gasteiger partial charge >= 0.3 is 0 Å². The molecule has 0 unspecified atom stereocenters. The van der Waals surface area contributed by atoms with E-state index in [0.29, 0.717) is 6.61 Å². The Morgan fingerprint density at radius 2 is 2.18 bits per heavy atom. The lowest BCUT2D eigenvalue weighted by atomic mass is 9.95. The maximum absolute atomic E-state index is 11.9. The summed E-state index contributed by atoms with van der Waals surface area (Å²) in [6, 6.07) is 7.32. The first-order valence-corrected chi connectivity index (χ1v) is 6.13. The van der Waals surface area contributed by atoms with Crippen LogP contribution in [0.15, 0.2) is 24.3 Å². The van der Waals surface area contributed by atoms with Crippen molar-refractivity contribution in [3.8, 4) is 5.75 Å². The van der Waals surface area contributed by atoms with Gasteiger partial charge in [0.2, 0.25) is 5.91 Å². The molecule has 0 aliphatic rings. The molecule has 0 heterocycles. The molecule has 0 saturated heterocycles. The zero-order valence-electron chi connectivity index (χ0n) is 10.4. The van der Waals surface area contributed by atoms with Crippen molar-refractivity contribution >= 4 is 23.2 Å². The fourth-order valence-corrected chi connectivity index (χ4v) is 1.31. The Balaban J connectivity index is 2.75. The van der Waals surface area contributed by atoms with E-state index in [9.17, 15) is 4.79 Å². The molecule has 4 heteroatoms. The van der Waals surface area contributed by atoms with E-state index >= 15 is 0 Å². The molecular weight excluding hydrogens is 238 g/mol. The maximum atomic E-state index is 11.9. The summed E-state index contributed by atoms with van der Waals surface area (Å²) in [5, 5.41) is 2.83. The molecule has 0 aliphatic heterocycles. The molecule has 94 valence electrons. The Hall–Kier alpha value is -1.22. The second-order valence-corrected chi connectivity index (χ2v) is 4.70. The third kappa shape index (κ3) is 3.93. The highest BCUT2D eigenvalue weighted by Crippen LogP contribution is 2.22. The fraction of sp³-hybridized carbons (Fsp3) is 0.462. The third-order valence-corrected chi connectivity index (χ3v) is 3.02. The average Bonchev–Trinajstić information content (AvgIpc) is 2.30. The molecule has 0 bridgehead atoms. The van der Waals surface area contributed by atoms with Crippen molar-refractivity contribution in [3.05, 3.63) is 24.3 Å². The molecule has 17 heavy (non-hydrogen) atoms. The summed E-state index contributed by atoms with van der Waals surface area (Å²) in [6.07, 6.45) is 0. The second kappa shape index (κ2) is 5.92. The van der Waals surface area contributed by atoms with Gasteiger partial charge in [-0.2, -0.15) is 0 Å². The minimum absolute atomic E-state index is 0.0962. The van der Waals surface area contributed by atoms with Crippen LogP contribution in [-0.2, 0) is 4.79 Å². The summed E-state index contributed by atoms with van der Waals surface area (Å²) in [7, 11) is 0. The largest absolute Gasteiger partial charge is 0.494 e. The van der Waals surface area contributed by atoms with Crippen LogP contribution in [0.5, 0.6) is 5.75 Å². The topological polar surface area (TPSA) is 38.3 Å². The molecule has 0 aromatic heterocycles. The smallest absolute Gasteiger partial charge is 0.231 e. The highest BCUT2D eigenvalue weighted by atomic mass is 35.5. The first-order chi connectivity index (χ1) is 7.99. The van der Waals surface area contributed by atoms with Crippen LogP contribution in [0.3, 0.4) is 0 Å². The normalized spacial score (nSPS) is 11.1. The van der Waals surface area contributed by atoms with Crippen LogP contribution in [-0.4, -0.2) is 18.4 Å². The molecule has 3 nitrogen and oxygen atoms in total. The van der Waals surface area contributed by atoms with Crippen LogP contribution in [0, 0.1) is 5.41 Å². The minimum Gasteiger partial charge on any atom is -0.494 e. The van der Waals surface area contributed by atoms with Gasteiger partial charge in [0.05, 0.1) is 12.0 Å². The number of ether oxygens (including phenoxy) is 1. The van der Waals surface area contributed by atoms with Gasteiger partial charge in [0.25, 0.3) is 0 Å². The number of alkyl halides is 1. The van der Waals surface area contributed by atoms with Crippen molar-refractivity contribution < 1.29 is 9.53 Å². The molecule has 1 N–H and O–H groups in total. The second-order valence-electron chi connectivity index (χ2n) is 4.43. The lowest BCUT2D eigenvalue weighted by Gasteiger charge is -2.20. The van der Waals surface area contributed by atoms with Crippen molar-refractivity contribution in [1.82, 2.24) is 0 Å². The number of anilines is 1. The number of carbonyl (C=O) groups is 1. The van der Waals surface area contributed by atoms with Gasteiger partial charge in [-0.05, 0) is 32.9 Å². The zero-order chi connectivity index (χ0) is 12.9. The lowest BCUT2D eigenvalue weighted by molar-refractivity contribution is -0.122. The van der Waals surface area contributed by atoms with E-state index < -0.39 is 5.41 Å². The molecule has 1 rings (SSSR count). The van der Waals surface area contributed by atoms with Gasteiger partial charge in [-0.25, -0.2) is 0 Å². The van der Waals surface area contributed by atoms with Gasteiger partial charge in [-0.3, -0.25) is 4.79 Å². The van der Waals surface area contributed by atoms with Crippen LogP contribution in [0.2, 0.25) is 0 Å². The van der Waals surface area contributed by atoms with Crippen LogP contribution in [0.1, 0.15) is 20.8 Å². The summed E-state index contributed by atoms with van der Waals surface area (Å²) in [5.41, 5.74) is 0.141. The van der Waals surface area contributed by atoms with Crippen molar-refractivity contribution in [3.63, 3.8) is 0 Å². The van der Waals surface area contributed by atoms with E-state index in [1.165, 1.54) is 0 Å². The molecule has 1 aromatic carbocycles. The predicted molar refractivity (Wildman–Crippen MR) is 70.7 cm³/mol. The number of hydrogen-bond donors (Lipinski definition) is 1. The number of carbonyl (C=O) groups excluding carboxylic acids is 1. The van der Waals surface area contributed by atoms with Crippen molar-refractivity contribution in [2.24, 2.45) is 5.41 Å². The molecule has 1 aromatic rings. The van der Waals surface area contributed by atoms with Gasteiger partial charge < -0.3 is 10.1 Å². The van der Waals surface area contributed by atoms with E-state index in [1.807, 2.05) is 39.0 Å². The molecular formula is C13H18ClNO2. The number of rotatable bonds is 5. The highest BCUT2D eigenvalue weighted by Gasteiger charge is 2.26. The monoisotopic (exact) mass is 255 g/mol. The predicted octanol–water partition coefficient (Wildman–Crippen LogP) is 3.29. The SMILES string of the molecule is CCOc1cccc(NC(=O)C(C)(C)CCl)c1. The minimum atomic E-state index is -0.580. The Morgan fingerprint density at radius 3 is 2.76 bits per heavy atom. The first-order valence-electron chi connectivity index (χ1n) is 5.60. The summed E-state index contributed by atoms with van der Waals surface area (Å²) in [6.45, 7) is 6.13. The van der Waals surface area contributed by atoms with Crippen LogP contribution in [0.25, 0.3) is 0 Å². The summed E-state index contributed by atoms with van der Waals surface area (Å²) in [5.74, 6) is 0.930. The van der Waals surface area contributed by atoms with Crippen LogP contribution >= 0.6 is 11.6 Å². The van der Waals surface area contributed by atoms with Gasteiger partial charge in [0.15, 0.2) is 0 Å². The molecule has 0 saturated carbocycles. The molecule has 0 aliphatic carbocycles. The molecule has 0 fully saturated rings. The summed E-state index contributed by atoms with van der Waals surface area (Å²) >= 11 is 5.75. The Bertz CT molecular complexity index is 391.